The van der Waals surface area contributed by atoms with E-state index in [1.165, 1.54) is 16.4 Å². The van der Waals surface area contributed by atoms with Gasteiger partial charge < -0.3 is 5.32 Å². The summed E-state index contributed by atoms with van der Waals surface area (Å²) in [6.07, 6.45) is 3.51. The molecule has 1 aromatic heterocycles. The van der Waals surface area contributed by atoms with E-state index in [0.717, 1.165) is 37.5 Å². The summed E-state index contributed by atoms with van der Waals surface area (Å²) in [4.78, 5) is 14.8. The van der Waals surface area contributed by atoms with Crippen molar-refractivity contribution in [3.05, 3.63) is 51.8 Å². The van der Waals surface area contributed by atoms with Gasteiger partial charge in [0.1, 0.15) is 5.69 Å². The summed E-state index contributed by atoms with van der Waals surface area (Å²) in [6.45, 7) is 2.71. The van der Waals surface area contributed by atoms with Gasteiger partial charge in [-0.2, -0.15) is 5.10 Å². The Morgan fingerprint density at radius 1 is 1.33 bits per heavy atom. The fourth-order valence-electron chi connectivity index (χ4n) is 3.08. The second kappa shape index (κ2) is 7.55. The summed E-state index contributed by atoms with van der Waals surface area (Å²) in [5.74, 6) is -0.168. The van der Waals surface area contributed by atoms with Gasteiger partial charge in [0.25, 0.3) is 5.91 Å². The molecule has 1 saturated heterocycles. The van der Waals surface area contributed by atoms with Crippen molar-refractivity contribution in [2.45, 2.75) is 25.4 Å². The van der Waals surface area contributed by atoms with Gasteiger partial charge >= 0.3 is 0 Å². The zero-order chi connectivity index (χ0) is 17.1. The van der Waals surface area contributed by atoms with Crippen molar-refractivity contribution in [3.63, 3.8) is 0 Å². The molecule has 1 aromatic carbocycles. The van der Waals surface area contributed by atoms with Crippen LogP contribution < -0.4 is 5.32 Å². The largest absolute Gasteiger partial charge is 0.347 e. The first-order chi connectivity index (χ1) is 11.5. The van der Waals surface area contributed by atoms with Crippen molar-refractivity contribution in [3.8, 4) is 0 Å². The van der Waals surface area contributed by atoms with E-state index in [4.69, 9.17) is 23.2 Å². The number of aryl methyl sites for hydroxylation is 1. The SMILES string of the molecule is Cn1ncc(Cl)c1C(=O)N[C@H]1CCCN(Cc2ccc(Cl)cc2)C1. The van der Waals surface area contributed by atoms with Crippen LogP contribution in [0.3, 0.4) is 0 Å². The van der Waals surface area contributed by atoms with Crippen molar-refractivity contribution in [2.24, 2.45) is 7.05 Å². The Balaban J connectivity index is 1.59. The topological polar surface area (TPSA) is 50.2 Å². The van der Waals surface area contributed by atoms with Crippen LogP contribution in [0.25, 0.3) is 0 Å². The molecule has 0 bridgehead atoms. The lowest BCUT2D eigenvalue weighted by atomic mass is 10.0. The van der Waals surface area contributed by atoms with E-state index in [1.54, 1.807) is 7.05 Å². The molecule has 0 spiro atoms. The van der Waals surface area contributed by atoms with Crippen LogP contribution in [0.15, 0.2) is 30.5 Å². The van der Waals surface area contributed by atoms with Gasteiger partial charge in [0.15, 0.2) is 0 Å². The number of rotatable bonds is 4. The number of likely N-dealkylation sites (tertiary alicyclic amines) is 1. The molecule has 3 rings (SSSR count). The Labute approximate surface area is 151 Å². The maximum Gasteiger partial charge on any atom is 0.271 e. The number of benzene rings is 1. The first kappa shape index (κ1) is 17.3. The molecular weight excluding hydrogens is 347 g/mol. The molecule has 1 atom stereocenters. The molecule has 1 aliphatic heterocycles. The number of carbonyl (C=O) groups excluding carboxylic acids is 1. The van der Waals surface area contributed by atoms with Crippen LogP contribution in [0.5, 0.6) is 0 Å². The molecule has 0 aliphatic carbocycles. The lowest BCUT2D eigenvalue weighted by Crippen LogP contribution is -2.47. The van der Waals surface area contributed by atoms with Gasteiger partial charge in [-0.15, -0.1) is 0 Å². The molecule has 1 N–H and O–H groups in total. The normalized spacial score (nSPS) is 18.5. The molecule has 0 radical (unpaired) electrons. The maximum atomic E-state index is 12.4. The number of carbonyl (C=O) groups is 1. The van der Waals surface area contributed by atoms with E-state index < -0.39 is 0 Å². The average molecular weight is 367 g/mol. The van der Waals surface area contributed by atoms with Crippen molar-refractivity contribution in [2.75, 3.05) is 13.1 Å². The molecule has 1 fully saturated rings. The number of aromatic nitrogens is 2. The Hall–Kier alpha value is -1.56. The number of nitrogens with one attached hydrogen (secondary N) is 1. The van der Waals surface area contributed by atoms with Gasteiger partial charge in [-0.3, -0.25) is 14.4 Å². The summed E-state index contributed by atoms with van der Waals surface area (Å²) in [6, 6.07) is 8.01. The van der Waals surface area contributed by atoms with Crippen LogP contribution in [0.2, 0.25) is 10.0 Å². The summed E-state index contributed by atoms with van der Waals surface area (Å²) >= 11 is 12.0. The van der Waals surface area contributed by atoms with Gasteiger partial charge in [-0.25, -0.2) is 0 Å². The first-order valence-corrected chi connectivity index (χ1v) is 8.73. The van der Waals surface area contributed by atoms with Crippen LogP contribution in [0.1, 0.15) is 28.9 Å². The molecule has 7 heteroatoms. The zero-order valence-electron chi connectivity index (χ0n) is 13.5. The van der Waals surface area contributed by atoms with E-state index in [9.17, 15) is 4.79 Å². The van der Waals surface area contributed by atoms with Gasteiger partial charge in [0.05, 0.1) is 11.2 Å². The van der Waals surface area contributed by atoms with Gasteiger partial charge in [0, 0.05) is 31.2 Å². The molecule has 0 saturated carbocycles. The second-order valence-corrected chi connectivity index (χ2v) is 6.98. The third-order valence-electron chi connectivity index (χ3n) is 4.27. The number of amides is 1. The van der Waals surface area contributed by atoms with Crippen LogP contribution in [0, 0.1) is 0 Å². The van der Waals surface area contributed by atoms with Crippen molar-refractivity contribution >= 4 is 29.1 Å². The van der Waals surface area contributed by atoms with E-state index in [-0.39, 0.29) is 11.9 Å². The highest BCUT2D eigenvalue weighted by Crippen LogP contribution is 2.18. The maximum absolute atomic E-state index is 12.4. The lowest BCUT2D eigenvalue weighted by molar-refractivity contribution is 0.0891. The third-order valence-corrected chi connectivity index (χ3v) is 4.80. The highest BCUT2D eigenvalue weighted by Gasteiger charge is 2.24. The summed E-state index contributed by atoms with van der Waals surface area (Å²) in [7, 11) is 1.72. The smallest absolute Gasteiger partial charge is 0.271 e. The first-order valence-electron chi connectivity index (χ1n) is 7.98. The highest BCUT2D eigenvalue weighted by molar-refractivity contribution is 6.33. The molecule has 0 unspecified atom stereocenters. The van der Waals surface area contributed by atoms with Gasteiger partial charge in [0.2, 0.25) is 0 Å². The van der Waals surface area contributed by atoms with Crippen molar-refractivity contribution in [1.29, 1.82) is 0 Å². The van der Waals surface area contributed by atoms with E-state index >= 15 is 0 Å². The summed E-state index contributed by atoms with van der Waals surface area (Å²) in [5.41, 5.74) is 1.63. The van der Waals surface area contributed by atoms with Crippen LogP contribution in [-0.2, 0) is 13.6 Å². The number of hydrogen-bond donors (Lipinski definition) is 1. The van der Waals surface area contributed by atoms with Crippen LogP contribution >= 0.6 is 23.2 Å². The van der Waals surface area contributed by atoms with Crippen molar-refractivity contribution < 1.29 is 4.79 Å². The molecule has 2 aromatic rings. The second-order valence-electron chi connectivity index (χ2n) is 6.14. The molecule has 2 heterocycles. The molecule has 5 nitrogen and oxygen atoms in total. The number of piperidine rings is 1. The number of nitrogens with zero attached hydrogens (tertiary/aromatic N) is 3. The summed E-state index contributed by atoms with van der Waals surface area (Å²) < 4.78 is 1.51. The predicted molar refractivity (Wildman–Crippen MR) is 95.4 cm³/mol. The van der Waals surface area contributed by atoms with Gasteiger partial charge in [-0.05, 0) is 37.1 Å². The van der Waals surface area contributed by atoms with E-state index in [0.29, 0.717) is 10.7 Å². The van der Waals surface area contributed by atoms with Gasteiger partial charge in [-0.1, -0.05) is 35.3 Å². The quantitative estimate of drug-likeness (QED) is 0.904. The molecule has 1 aliphatic rings. The predicted octanol–water partition coefficient (Wildman–Crippen LogP) is 3.12. The standard InChI is InChI=1S/C17H20Cl2N4O/c1-22-16(15(19)9-20-22)17(24)21-14-3-2-8-23(11-14)10-12-4-6-13(18)7-5-12/h4-7,9,14H,2-3,8,10-11H2,1H3,(H,21,24)/t14-/m0/s1. The molecule has 1 amide bonds. The van der Waals surface area contributed by atoms with Crippen LogP contribution in [-0.4, -0.2) is 39.7 Å². The van der Waals surface area contributed by atoms with E-state index in [1.807, 2.05) is 24.3 Å². The Kier molecular flexibility index (Phi) is 5.43. The minimum atomic E-state index is -0.168. The fraction of sp³-hybridized carbons (Fsp3) is 0.412. The molecule has 128 valence electrons. The highest BCUT2D eigenvalue weighted by atomic mass is 35.5. The van der Waals surface area contributed by atoms with E-state index in [2.05, 4.69) is 15.3 Å². The third kappa shape index (κ3) is 4.09. The Bertz CT molecular complexity index is 694. The molecule has 24 heavy (non-hydrogen) atoms. The lowest BCUT2D eigenvalue weighted by Gasteiger charge is -2.33. The monoisotopic (exact) mass is 366 g/mol. The molecular formula is C17H20Cl2N4O. The minimum absolute atomic E-state index is 0.115. The van der Waals surface area contributed by atoms with Crippen LogP contribution in [0.4, 0.5) is 0 Å². The average Bonchev–Trinajstić information content (AvgIpc) is 2.89. The number of halogens is 2. The Morgan fingerprint density at radius 2 is 2.08 bits per heavy atom. The minimum Gasteiger partial charge on any atom is -0.347 e. The number of hydrogen-bond acceptors (Lipinski definition) is 3. The van der Waals surface area contributed by atoms with Crippen molar-refractivity contribution in [1.82, 2.24) is 20.0 Å². The summed E-state index contributed by atoms with van der Waals surface area (Å²) in [5, 5.41) is 8.22. The Morgan fingerprint density at radius 3 is 2.75 bits per heavy atom. The zero-order valence-corrected chi connectivity index (χ0v) is 15.0. The fourth-order valence-corrected chi connectivity index (χ4v) is 3.46.